The van der Waals surface area contributed by atoms with Crippen molar-refractivity contribution in [1.82, 2.24) is 25.0 Å². The van der Waals surface area contributed by atoms with Crippen molar-refractivity contribution in [1.29, 1.82) is 0 Å². The first kappa shape index (κ1) is 9.82. The summed E-state index contributed by atoms with van der Waals surface area (Å²) in [6.45, 7) is 2.99. The summed E-state index contributed by atoms with van der Waals surface area (Å²) in [4.78, 5) is 15.3. The molecule has 15 heavy (non-hydrogen) atoms. The van der Waals surface area contributed by atoms with Gasteiger partial charge >= 0.3 is 0 Å². The maximum absolute atomic E-state index is 11.3. The average Bonchev–Trinajstić information content (AvgIpc) is 2.64. The third-order valence-corrected chi connectivity index (χ3v) is 2.32. The van der Waals surface area contributed by atoms with Crippen molar-refractivity contribution in [3.8, 4) is 0 Å². The van der Waals surface area contributed by atoms with Crippen molar-refractivity contribution in [3.63, 3.8) is 0 Å². The molecular weight excluding hydrogens is 194 g/mol. The first-order chi connectivity index (χ1) is 7.33. The molecule has 0 atom stereocenters. The van der Waals surface area contributed by atoms with E-state index in [-0.39, 0.29) is 5.56 Å². The lowest BCUT2D eigenvalue weighted by molar-refractivity contribution is 0.607. The summed E-state index contributed by atoms with van der Waals surface area (Å²) in [5.74, 6) is 0. The zero-order valence-electron chi connectivity index (χ0n) is 8.60. The van der Waals surface area contributed by atoms with E-state index in [2.05, 4.69) is 27.3 Å². The van der Waals surface area contributed by atoms with Gasteiger partial charge in [0.1, 0.15) is 0 Å². The Kier molecular flexibility index (Phi) is 2.75. The molecule has 2 aromatic rings. The first-order valence-electron chi connectivity index (χ1n) is 5.09. The summed E-state index contributed by atoms with van der Waals surface area (Å²) >= 11 is 0. The standard InChI is InChI=1S/C9H13N5O/c1-2-3-4-5-14-6-10-7-8(14)11-13-12-9(7)15/h6H,2-5H2,1H3,(H,11,12,15). The van der Waals surface area contributed by atoms with Gasteiger partial charge in [-0.1, -0.05) is 25.0 Å². The number of hydrogen-bond donors (Lipinski definition) is 1. The maximum atomic E-state index is 11.3. The second-order valence-corrected chi connectivity index (χ2v) is 3.46. The number of rotatable bonds is 4. The van der Waals surface area contributed by atoms with Gasteiger partial charge in [-0.05, 0) is 6.42 Å². The van der Waals surface area contributed by atoms with E-state index >= 15 is 0 Å². The van der Waals surface area contributed by atoms with E-state index in [1.54, 1.807) is 6.33 Å². The van der Waals surface area contributed by atoms with Crippen molar-refractivity contribution in [2.24, 2.45) is 0 Å². The van der Waals surface area contributed by atoms with Crippen molar-refractivity contribution >= 4 is 11.2 Å². The van der Waals surface area contributed by atoms with Gasteiger partial charge in [-0.15, -0.1) is 5.10 Å². The second-order valence-electron chi connectivity index (χ2n) is 3.46. The van der Waals surface area contributed by atoms with Crippen LogP contribution in [-0.2, 0) is 6.54 Å². The van der Waals surface area contributed by atoms with E-state index in [1.807, 2.05) is 4.57 Å². The van der Waals surface area contributed by atoms with Crippen LogP contribution in [0.1, 0.15) is 26.2 Å². The number of nitrogens with one attached hydrogen (secondary N) is 1. The van der Waals surface area contributed by atoms with E-state index in [0.717, 1.165) is 19.4 Å². The lowest BCUT2D eigenvalue weighted by Crippen LogP contribution is -2.11. The highest BCUT2D eigenvalue weighted by atomic mass is 16.1. The van der Waals surface area contributed by atoms with Crippen molar-refractivity contribution in [3.05, 3.63) is 16.7 Å². The molecule has 0 aliphatic heterocycles. The molecule has 0 fully saturated rings. The largest absolute Gasteiger partial charge is 0.314 e. The van der Waals surface area contributed by atoms with Crippen LogP contribution in [0, 0.1) is 0 Å². The Hall–Kier alpha value is -1.72. The third kappa shape index (κ3) is 1.88. The van der Waals surface area contributed by atoms with Gasteiger partial charge < -0.3 is 4.57 Å². The molecule has 6 nitrogen and oxygen atoms in total. The van der Waals surface area contributed by atoms with Gasteiger partial charge in [0.05, 0.1) is 6.33 Å². The quantitative estimate of drug-likeness (QED) is 0.749. The summed E-state index contributed by atoms with van der Waals surface area (Å²) in [7, 11) is 0. The second kappa shape index (κ2) is 4.20. The summed E-state index contributed by atoms with van der Waals surface area (Å²) in [6, 6.07) is 0. The molecule has 0 amide bonds. The Morgan fingerprint density at radius 1 is 1.47 bits per heavy atom. The molecule has 0 saturated heterocycles. The molecule has 2 heterocycles. The molecule has 0 unspecified atom stereocenters. The number of fused-ring (bicyclic) bond motifs is 1. The molecule has 80 valence electrons. The van der Waals surface area contributed by atoms with E-state index in [1.165, 1.54) is 6.42 Å². The third-order valence-electron chi connectivity index (χ3n) is 2.32. The van der Waals surface area contributed by atoms with E-state index in [9.17, 15) is 4.79 Å². The monoisotopic (exact) mass is 207 g/mol. The summed E-state index contributed by atoms with van der Waals surface area (Å²) in [5, 5.41) is 9.66. The Bertz CT molecular complexity index is 500. The van der Waals surface area contributed by atoms with Crippen molar-refractivity contribution in [2.75, 3.05) is 0 Å². The highest BCUT2D eigenvalue weighted by Crippen LogP contribution is 2.05. The molecule has 0 aromatic carbocycles. The Morgan fingerprint density at radius 2 is 2.33 bits per heavy atom. The fourth-order valence-electron chi connectivity index (χ4n) is 1.51. The molecule has 0 aliphatic rings. The van der Waals surface area contributed by atoms with Crippen LogP contribution in [0.15, 0.2) is 11.1 Å². The van der Waals surface area contributed by atoms with Crippen LogP contribution in [0.4, 0.5) is 0 Å². The van der Waals surface area contributed by atoms with Crippen LogP contribution in [0.3, 0.4) is 0 Å². The minimum atomic E-state index is -0.283. The van der Waals surface area contributed by atoms with Crippen LogP contribution < -0.4 is 5.56 Å². The lowest BCUT2D eigenvalue weighted by Gasteiger charge is -2.00. The van der Waals surface area contributed by atoms with Crippen molar-refractivity contribution < 1.29 is 0 Å². The molecule has 2 rings (SSSR count). The van der Waals surface area contributed by atoms with E-state index in [0.29, 0.717) is 11.2 Å². The van der Waals surface area contributed by atoms with Gasteiger partial charge in [-0.25, -0.2) is 10.1 Å². The fraction of sp³-hybridized carbons (Fsp3) is 0.556. The number of aryl methyl sites for hydroxylation is 1. The van der Waals surface area contributed by atoms with Gasteiger partial charge in [0.2, 0.25) is 0 Å². The van der Waals surface area contributed by atoms with Crippen LogP contribution in [-0.4, -0.2) is 25.0 Å². The highest BCUT2D eigenvalue weighted by Gasteiger charge is 2.06. The number of aromatic nitrogens is 5. The van der Waals surface area contributed by atoms with Crippen molar-refractivity contribution in [2.45, 2.75) is 32.7 Å². The molecule has 0 aliphatic carbocycles. The Morgan fingerprint density at radius 3 is 3.13 bits per heavy atom. The molecule has 6 heteroatoms. The molecule has 0 spiro atoms. The topological polar surface area (TPSA) is 76.5 Å². The lowest BCUT2D eigenvalue weighted by atomic mass is 10.2. The Balaban J connectivity index is 2.29. The number of hydrogen-bond acceptors (Lipinski definition) is 4. The fourth-order valence-corrected chi connectivity index (χ4v) is 1.51. The van der Waals surface area contributed by atoms with E-state index in [4.69, 9.17) is 0 Å². The van der Waals surface area contributed by atoms with Crippen LogP contribution in [0.5, 0.6) is 0 Å². The molecule has 0 radical (unpaired) electrons. The minimum Gasteiger partial charge on any atom is -0.314 e. The molecule has 0 saturated carbocycles. The number of imidazole rings is 1. The molecule has 0 bridgehead atoms. The summed E-state index contributed by atoms with van der Waals surface area (Å²) < 4.78 is 1.87. The number of H-pyrrole nitrogens is 1. The summed E-state index contributed by atoms with van der Waals surface area (Å²) in [5.41, 5.74) is 0.644. The van der Waals surface area contributed by atoms with Crippen LogP contribution >= 0.6 is 0 Å². The molecular formula is C9H13N5O. The Labute approximate surface area is 86.3 Å². The van der Waals surface area contributed by atoms with Gasteiger partial charge in [-0.3, -0.25) is 4.79 Å². The predicted octanol–water partition coefficient (Wildman–Crippen LogP) is 0.705. The maximum Gasteiger partial charge on any atom is 0.295 e. The smallest absolute Gasteiger partial charge is 0.295 e. The normalized spacial score (nSPS) is 11.0. The minimum absolute atomic E-state index is 0.283. The van der Waals surface area contributed by atoms with Crippen LogP contribution in [0.2, 0.25) is 0 Å². The van der Waals surface area contributed by atoms with Gasteiger partial charge in [-0.2, -0.15) is 0 Å². The number of aromatic amines is 1. The predicted molar refractivity (Wildman–Crippen MR) is 55.5 cm³/mol. The van der Waals surface area contributed by atoms with Gasteiger partial charge in [0, 0.05) is 6.54 Å². The number of nitrogens with zero attached hydrogens (tertiary/aromatic N) is 4. The average molecular weight is 207 g/mol. The first-order valence-corrected chi connectivity index (χ1v) is 5.09. The highest BCUT2D eigenvalue weighted by molar-refractivity contribution is 5.68. The summed E-state index contributed by atoms with van der Waals surface area (Å²) in [6.07, 6.45) is 5.04. The van der Waals surface area contributed by atoms with E-state index < -0.39 is 0 Å². The van der Waals surface area contributed by atoms with Gasteiger partial charge in [0.15, 0.2) is 11.2 Å². The SMILES string of the molecule is CCCCCn1cnc2c(=O)[nH]nnc21. The molecule has 2 aromatic heterocycles. The van der Waals surface area contributed by atoms with Gasteiger partial charge in [0.25, 0.3) is 5.56 Å². The number of unbranched alkanes of at least 4 members (excludes halogenated alkanes) is 2. The van der Waals surface area contributed by atoms with Crippen LogP contribution in [0.25, 0.3) is 11.2 Å². The zero-order chi connectivity index (χ0) is 10.7. The molecule has 1 N–H and O–H groups in total. The zero-order valence-corrected chi connectivity index (χ0v) is 8.60.